The Kier molecular flexibility index (Phi) is 3.59. The van der Waals surface area contributed by atoms with Gasteiger partial charge in [-0.15, -0.1) is 0 Å². The van der Waals surface area contributed by atoms with Gasteiger partial charge in [-0.05, 0) is 62.9 Å². The summed E-state index contributed by atoms with van der Waals surface area (Å²) in [4.78, 5) is 0. The van der Waals surface area contributed by atoms with Gasteiger partial charge in [0.25, 0.3) is 0 Å². The van der Waals surface area contributed by atoms with E-state index in [-0.39, 0.29) is 0 Å². The first kappa shape index (κ1) is 9.26. The van der Waals surface area contributed by atoms with Crippen LogP contribution in [0.15, 0.2) is 18.2 Å². The highest BCUT2D eigenvalue weighted by Gasteiger charge is 1.96. The summed E-state index contributed by atoms with van der Waals surface area (Å²) in [5.74, 6) is 0. The van der Waals surface area contributed by atoms with Crippen LogP contribution in [0.3, 0.4) is 0 Å². The molecule has 0 bridgehead atoms. The molecule has 56 valence electrons. The maximum Gasteiger partial charge on any atom is 0.0669 e. The van der Waals surface area contributed by atoms with Gasteiger partial charge in [0, 0.05) is 7.14 Å². The van der Waals surface area contributed by atoms with E-state index in [0.717, 1.165) is 5.56 Å². The molecule has 0 atom stereocenters. The molecule has 11 heavy (non-hydrogen) atoms. The Bertz CT molecular complexity index is 301. The predicted octanol–water partition coefficient (Wildman–Crippen LogP) is 2.96. The SMILES string of the molecule is N#CCc1ccc(I)c(I)c1. The van der Waals surface area contributed by atoms with E-state index in [0.29, 0.717) is 6.42 Å². The summed E-state index contributed by atoms with van der Waals surface area (Å²) in [6.45, 7) is 0. The fourth-order valence-corrected chi connectivity index (χ4v) is 1.66. The van der Waals surface area contributed by atoms with Gasteiger partial charge in [0.05, 0.1) is 12.5 Å². The topological polar surface area (TPSA) is 23.8 Å². The summed E-state index contributed by atoms with van der Waals surface area (Å²) in [5, 5.41) is 8.43. The second-order valence-corrected chi connectivity index (χ2v) is 4.41. The number of nitriles is 1. The molecule has 0 amide bonds. The fourth-order valence-electron chi connectivity index (χ4n) is 0.741. The summed E-state index contributed by atoms with van der Waals surface area (Å²) in [6, 6.07) is 8.20. The van der Waals surface area contributed by atoms with Gasteiger partial charge in [0.1, 0.15) is 0 Å². The molecule has 3 heteroatoms. The number of nitrogens with zero attached hydrogens (tertiary/aromatic N) is 1. The zero-order valence-corrected chi connectivity index (χ0v) is 9.96. The maximum absolute atomic E-state index is 8.43. The van der Waals surface area contributed by atoms with Crippen LogP contribution in [-0.2, 0) is 6.42 Å². The van der Waals surface area contributed by atoms with Gasteiger partial charge in [0.15, 0.2) is 0 Å². The molecule has 0 aliphatic heterocycles. The predicted molar refractivity (Wildman–Crippen MR) is 61.2 cm³/mol. The molecule has 1 rings (SSSR count). The summed E-state index contributed by atoms with van der Waals surface area (Å²) >= 11 is 4.55. The van der Waals surface area contributed by atoms with E-state index in [1.54, 1.807) is 0 Å². The molecule has 0 aliphatic carbocycles. The minimum absolute atomic E-state index is 0.507. The zero-order chi connectivity index (χ0) is 8.27. The molecular weight excluding hydrogens is 364 g/mol. The van der Waals surface area contributed by atoms with Crippen LogP contribution in [0.5, 0.6) is 0 Å². The van der Waals surface area contributed by atoms with Gasteiger partial charge in [-0.1, -0.05) is 6.07 Å². The highest BCUT2D eigenvalue weighted by molar-refractivity contribution is 14.1. The standard InChI is InChI=1S/C8H5I2N/c9-7-2-1-6(3-4-11)5-8(7)10/h1-2,5H,3H2. The molecule has 1 nitrogen and oxygen atoms in total. The largest absolute Gasteiger partial charge is 0.198 e. The average molecular weight is 369 g/mol. The molecule has 1 aromatic carbocycles. The lowest BCUT2D eigenvalue weighted by Gasteiger charge is -1.97. The third-order valence-corrected chi connectivity index (χ3v) is 4.13. The van der Waals surface area contributed by atoms with Crippen molar-refractivity contribution in [2.45, 2.75) is 6.42 Å². The van der Waals surface area contributed by atoms with Crippen LogP contribution in [0.2, 0.25) is 0 Å². The van der Waals surface area contributed by atoms with Crippen molar-refractivity contribution in [2.24, 2.45) is 0 Å². The Morgan fingerprint density at radius 3 is 2.55 bits per heavy atom. The van der Waals surface area contributed by atoms with Gasteiger partial charge >= 0.3 is 0 Å². The minimum atomic E-state index is 0.507. The summed E-state index contributed by atoms with van der Waals surface area (Å²) in [6.07, 6.45) is 0.507. The van der Waals surface area contributed by atoms with Crippen LogP contribution in [0, 0.1) is 18.5 Å². The monoisotopic (exact) mass is 369 g/mol. The van der Waals surface area contributed by atoms with Crippen LogP contribution in [-0.4, -0.2) is 0 Å². The third kappa shape index (κ3) is 2.60. The van der Waals surface area contributed by atoms with Gasteiger partial charge in [-0.2, -0.15) is 5.26 Å². The van der Waals surface area contributed by atoms with Crippen LogP contribution in [0.25, 0.3) is 0 Å². The second kappa shape index (κ2) is 4.26. The first-order valence-electron chi connectivity index (χ1n) is 3.05. The number of benzene rings is 1. The fraction of sp³-hybridized carbons (Fsp3) is 0.125. The third-order valence-electron chi connectivity index (χ3n) is 1.27. The van der Waals surface area contributed by atoms with E-state index in [1.165, 1.54) is 7.14 Å². The Balaban J connectivity index is 2.98. The average Bonchev–Trinajstić information content (AvgIpc) is 1.98. The van der Waals surface area contributed by atoms with Crippen molar-refractivity contribution in [2.75, 3.05) is 0 Å². The van der Waals surface area contributed by atoms with Crippen LogP contribution in [0.1, 0.15) is 5.56 Å². The number of hydrogen-bond donors (Lipinski definition) is 0. The van der Waals surface area contributed by atoms with E-state index >= 15 is 0 Å². The smallest absolute Gasteiger partial charge is 0.0669 e. The molecule has 0 saturated carbocycles. The van der Waals surface area contributed by atoms with E-state index in [1.807, 2.05) is 18.2 Å². The van der Waals surface area contributed by atoms with Crippen LogP contribution < -0.4 is 0 Å². The summed E-state index contributed by atoms with van der Waals surface area (Å²) in [5.41, 5.74) is 1.09. The molecule has 0 N–H and O–H groups in total. The number of hydrogen-bond acceptors (Lipinski definition) is 1. The maximum atomic E-state index is 8.43. The lowest BCUT2D eigenvalue weighted by atomic mass is 10.2. The Labute approximate surface area is 93.1 Å². The number of halogens is 2. The first-order chi connectivity index (χ1) is 5.24. The molecule has 0 heterocycles. The minimum Gasteiger partial charge on any atom is -0.198 e. The van der Waals surface area contributed by atoms with E-state index < -0.39 is 0 Å². The van der Waals surface area contributed by atoms with Gasteiger partial charge in [-0.25, -0.2) is 0 Å². The highest BCUT2D eigenvalue weighted by Crippen LogP contribution is 2.16. The van der Waals surface area contributed by atoms with Crippen molar-refractivity contribution in [1.29, 1.82) is 5.26 Å². The van der Waals surface area contributed by atoms with Gasteiger partial charge in [0.2, 0.25) is 0 Å². The van der Waals surface area contributed by atoms with Crippen molar-refractivity contribution in [3.63, 3.8) is 0 Å². The Hall–Kier alpha value is 0.170. The lowest BCUT2D eigenvalue weighted by molar-refractivity contribution is 1.25. The van der Waals surface area contributed by atoms with Crippen LogP contribution in [0.4, 0.5) is 0 Å². The van der Waals surface area contributed by atoms with E-state index in [2.05, 4.69) is 51.3 Å². The molecule has 0 saturated heterocycles. The molecule has 0 unspecified atom stereocenters. The normalized spacial score (nSPS) is 9.18. The Morgan fingerprint density at radius 1 is 1.27 bits per heavy atom. The molecule has 0 aliphatic rings. The zero-order valence-electron chi connectivity index (χ0n) is 5.64. The van der Waals surface area contributed by atoms with Gasteiger partial charge in [-0.3, -0.25) is 0 Å². The van der Waals surface area contributed by atoms with E-state index in [9.17, 15) is 0 Å². The summed E-state index contributed by atoms with van der Waals surface area (Å²) < 4.78 is 2.46. The van der Waals surface area contributed by atoms with Crippen molar-refractivity contribution >= 4 is 45.2 Å². The quantitative estimate of drug-likeness (QED) is 0.699. The highest BCUT2D eigenvalue weighted by atomic mass is 127. The molecule has 0 spiro atoms. The second-order valence-electron chi connectivity index (χ2n) is 2.08. The first-order valence-corrected chi connectivity index (χ1v) is 5.20. The van der Waals surface area contributed by atoms with Gasteiger partial charge < -0.3 is 0 Å². The van der Waals surface area contributed by atoms with Crippen molar-refractivity contribution in [3.05, 3.63) is 30.9 Å². The number of rotatable bonds is 1. The molecule has 0 radical (unpaired) electrons. The van der Waals surface area contributed by atoms with Crippen molar-refractivity contribution in [3.8, 4) is 6.07 Å². The van der Waals surface area contributed by atoms with E-state index in [4.69, 9.17) is 5.26 Å². The molecular formula is C8H5I2N. The van der Waals surface area contributed by atoms with Crippen molar-refractivity contribution < 1.29 is 0 Å². The summed E-state index contributed by atoms with van der Waals surface area (Å²) in [7, 11) is 0. The molecule has 0 aromatic heterocycles. The lowest BCUT2D eigenvalue weighted by Crippen LogP contribution is -1.85. The van der Waals surface area contributed by atoms with Crippen LogP contribution >= 0.6 is 45.2 Å². The molecule has 1 aromatic rings. The van der Waals surface area contributed by atoms with Crippen molar-refractivity contribution in [1.82, 2.24) is 0 Å². The molecule has 0 fully saturated rings. The Morgan fingerprint density at radius 2 is 2.00 bits per heavy atom.